The highest BCUT2D eigenvalue weighted by molar-refractivity contribution is 6.32. The average Bonchev–Trinajstić information content (AvgIpc) is 3.28. The molecule has 3 aliphatic heterocycles. The van der Waals surface area contributed by atoms with Crippen LogP contribution in [0.5, 0.6) is 0 Å². The molecule has 7 heteroatoms. The van der Waals surface area contributed by atoms with Gasteiger partial charge >= 0.3 is 0 Å². The summed E-state index contributed by atoms with van der Waals surface area (Å²) in [5.41, 5.74) is 2.53. The molecule has 1 atom stereocenters. The van der Waals surface area contributed by atoms with Crippen LogP contribution in [0.4, 0.5) is 15.9 Å². The van der Waals surface area contributed by atoms with Gasteiger partial charge in [-0.3, -0.25) is 4.79 Å². The van der Waals surface area contributed by atoms with Crippen LogP contribution in [0.3, 0.4) is 0 Å². The van der Waals surface area contributed by atoms with E-state index in [4.69, 9.17) is 4.74 Å². The fourth-order valence-corrected chi connectivity index (χ4v) is 4.81. The summed E-state index contributed by atoms with van der Waals surface area (Å²) in [5.74, 6) is 0.566. The molecule has 0 saturated carbocycles. The summed E-state index contributed by atoms with van der Waals surface area (Å²) in [6, 6.07) is 8.31. The number of hydrogen-bond donors (Lipinski definition) is 2. The molecule has 3 aliphatic rings. The summed E-state index contributed by atoms with van der Waals surface area (Å²) in [4.78, 5) is 19.5. The molecule has 0 bridgehead atoms. The summed E-state index contributed by atoms with van der Waals surface area (Å²) in [6.07, 6.45) is 6.84. The van der Waals surface area contributed by atoms with Crippen LogP contribution in [0, 0.1) is 5.82 Å². The maximum Gasteiger partial charge on any atom is 0.260 e. The maximum atomic E-state index is 13.8. The van der Waals surface area contributed by atoms with Gasteiger partial charge in [0, 0.05) is 35.1 Å². The lowest BCUT2D eigenvalue weighted by Crippen LogP contribution is -2.42. The van der Waals surface area contributed by atoms with Crippen LogP contribution < -0.4 is 10.2 Å². The average molecular weight is 435 g/mol. The second-order valence-corrected chi connectivity index (χ2v) is 8.98. The predicted octanol–water partition coefficient (Wildman–Crippen LogP) is 4.13. The van der Waals surface area contributed by atoms with Crippen LogP contribution >= 0.6 is 0 Å². The zero-order valence-corrected chi connectivity index (χ0v) is 18.2. The van der Waals surface area contributed by atoms with Crippen molar-refractivity contribution in [3.05, 3.63) is 65.3 Å². The molecule has 32 heavy (non-hydrogen) atoms. The molecular weight excluding hydrogens is 409 g/mol. The van der Waals surface area contributed by atoms with Crippen molar-refractivity contribution in [2.24, 2.45) is 0 Å². The minimum absolute atomic E-state index is 0.102. The number of halogens is 1. The first-order valence-electron chi connectivity index (χ1n) is 11.0. The molecule has 0 spiro atoms. The Morgan fingerprint density at radius 1 is 1.28 bits per heavy atom. The van der Waals surface area contributed by atoms with E-state index < -0.39 is 11.4 Å². The summed E-state index contributed by atoms with van der Waals surface area (Å²) < 4.78 is 20.0. The Morgan fingerprint density at radius 3 is 2.88 bits per heavy atom. The van der Waals surface area contributed by atoms with Crippen molar-refractivity contribution in [2.45, 2.75) is 44.8 Å². The Balaban J connectivity index is 1.50. The summed E-state index contributed by atoms with van der Waals surface area (Å²) in [7, 11) is 0. The van der Waals surface area contributed by atoms with Crippen LogP contribution in [0.15, 0.2) is 48.4 Å². The van der Waals surface area contributed by atoms with Gasteiger partial charge < -0.3 is 20.1 Å². The van der Waals surface area contributed by atoms with Crippen molar-refractivity contribution >= 4 is 28.6 Å². The summed E-state index contributed by atoms with van der Waals surface area (Å²) in [5, 5.41) is 12.5. The molecular formula is C25H26FN3O3. The zero-order valence-electron chi connectivity index (χ0n) is 18.2. The fraction of sp³-hybridized carbons (Fsp3) is 0.360. The van der Waals surface area contributed by atoms with Gasteiger partial charge in [-0.05, 0) is 69.5 Å². The molecule has 166 valence electrons. The third-order valence-electron chi connectivity index (χ3n) is 6.45. The van der Waals surface area contributed by atoms with Gasteiger partial charge in [0.2, 0.25) is 0 Å². The largest absolute Gasteiger partial charge is 0.482 e. The number of anilines is 2. The van der Waals surface area contributed by atoms with Crippen molar-refractivity contribution in [1.29, 1.82) is 0 Å². The topological polar surface area (TPSA) is 74.7 Å². The molecule has 4 heterocycles. The van der Waals surface area contributed by atoms with E-state index in [0.29, 0.717) is 22.6 Å². The third-order valence-corrected chi connectivity index (χ3v) is 6.45. The lowest BCUT2D eigenvalue weighted by atomic mass is 9.93. The Kier molecular flexibility index (Phi) is 5.01. The number of piperidine rings is 1. The van der Waals surface area contributed by atoms with Gasteiger partial charge in [0.15, 0.2) is 0 Å². The number of ether oxygens (including phenoxy) is 1. The second-order valence-electron chi connectivity index (χ2n) is 8.98. The van der Waals surface area contributed by atoms with E-state index in [1.807, 2.05) is 38.3 Å². The predicted molar refractivity (Wildman–Crippen MR) is 121 cm³/mol. The van der Waals surface area contributed by atoms with Crippen LogP contribution in [0.2, 0.25) is 0 Å². The number of carbonyl (C=O) groups excluding carboxylic acids is 1. The normalized spacial score (nSPS) is 24.1. The van der Waals surface area contributed by atoms with E-state index in [1.165, 1.54) is 12.1 Å². The van der Waals surface area contributed by atoms with Crippen molar-refractivity contribution in [3.63, 3.8) is 0 Å². The van der Waals surface area contributed by atoms with Gasteiger partial charge in [-0.2, -0.15) is 0 Å². The molecule has 1 saturated heterocycles. The molecule has 0 radical (unpaired) electrons. The minimum Gasteiger partial charge on any atom is -0.482 e. The Labute approximate surface area is 186 Å². The summed E-state index contributed by atoms with van der Waals surface area (Å²) >= 11 is 0. The van der Waals surface area contributed by atoms with Crippen molar-refractivity contribution in [3.8, 4) is 0 Å². The molecule has 1 fully saturated rings. The van der Waals surface area contributed by atoms with E-state index in [2.05, 4.69) is 15.2 Å². The van der Waals surface area contributed by atoms with Gasteiger partial charge in [0.25, 0.3) is 5.91 Å². The minimum atomic E-state index is -0.680. The van der Waals surface area contributed by atoms with Crippen molar-refractivity contribution < 1.29 is 19.0 Å². The van der Waals surface area contributed by atoms with E-state index in [0.717, 1.165) is 42.8 Å². The molecule has 1 aromatic carbocycles. The van der Waals surface area contributed by atoms with E-state index in [1.54, 1.807) is 6.07 Å². The highest BCUT2D eigenvalue weighted by Crippen LogP contribution is 2.44. The highest BCUT2D eigenvalue weighted by atomic mass is 19.1. The molecule has 2 aromatic rings. The zero-order chi connectivity index (χ0) is 22.5. The van der Waals surface area contributed by atoms with Crippen LogP contribution in [-0.2, 0) is 9.53 Å². The number of hydrogen-bond acceptors (Lipinski definition) is 5. The number of aromatic nitrogens is 1. The van der Waals surface area contributed by atoms with E-state index in [-0.39, 0.29) is 18.6 Å². The van der Waals surface area contributed by atoms with Gasteiger partial charge in [0.1, 0.15) is 23.0 Å². The van der Waals surface area contributed by atoms with Gasteiger partial charge in [-0.15, -0.1) is 0 Å². The Bertz CT molecular complexity index is 1140. The number of nitrogens with one attached hydrogen (secondary N) is 1. The number of nitrogens with zero attached hydrogens (tertiary/aromatic N) is 2. The number of carbonyl (C=O) groups is 1. The van der Waals surface area contributed by atoms with Gasteiger partial charge in [0.05, 0.1) is 18.2 Å². The standard InChI is InChI=1S/C25H26FN3O3/c1-25(2)19(15-6-9-22(27-13-15)29-10-4-3-5-17(29)14-30)12-21(32-25)23-18-11-16(26)7-8-20(18)28-24(23)31/h6-9,11-13,17,30H,3-5,10,14H2,1-2H3,(H,28,31). The van der Waals surface area contributed by atoms with E-state index >= 15 is 0 Å². The Morgan fingerprint density at radius 2 is 2.12 bits per heavy atom. The van der Waals surface area contributed by atoms with Crippen LogP contribution in [0.1, 0.15) is 44.2 Å². The monoisotopic (exact) mass is 435 g/mol. The molecule has 6 nitrogen and oxygen atoms in total. The highest BCUT2D eigenvalue weighted by Gasteiger charge is 2.38. The third kappa shape index (κ3) is 3.46. The Hall–Kier alpha value is -3.19. The number of fused-ring (bicyclic) bond motifs is 1. The molecule has 2 N–H and O–H groups in total. The number of aliphatic hydroxyl groups is 1. The first kappa shape index (κ1) is 20.7. The smallest absolute Gasteiger partial charge is 0.260 e. The maximum absolute atomic E-state index is 13.8. The van der Waals surface area contributed by atoms with Gasteiger partial charge in [-0.1, -0.05) is 0 Å². The molecule has 0 aliphatic carbocycles. The quantitative estimate of drug-likeness (QED) is 0.710. The summed E-state index contributed by atoms with van der Waals surface area (Å²) in [6.45, 7) is 4.88. The van der Waals surface area contributed by atoms with Crippen molar-refractivity contribution in [1.82, 2.24) is 4.98 Å². The number of amides is 1. The van der Waals surface area contributed by atoms with Crippen LogP contribution in [-0.4, -0.2) is 40.8 Å². The lowest BCUT2D eigenvalue weighted by molar-refractivity contribution is -0.111. The van der Waals surface area contributed by atoms with Crippen molar-refractivity contribution in [2.75, 3.05) is 23.4 Å². The number of allylic oxidation sites excluding steroid dienone is 1. The molecule has 1 unspecified atom stereocenters. The lowest BCUT2D eigenvalue weighted by Gasteiger charge is -2.35. The number of rotatable bonds is 3. The number of aliphatic hydroxyl groups excluding tert-OH is 1. The van der Waals surface area contributed by atoms with E-state index in [9.17, 15) is 14.3 Å². The fourth-order valence-electron chi connectivity index (χ4n) is 4.81. The number of pyridine rings is 1. The first-order chi connectivity index (χ1) is 15.4. The molecule has 1 amide bonds. The van der Waals surface area contributed by atoms with Gasteiger partial charge in [-0.25, -0.2) is 9.37 Å². The number of benzene rings is 1. The SMILES string of the molecule is CC1(C)OC(=C2C(=O)Nc3ccc(F)cc32)C=C1c1ccc(N2CCCCC2CO)nc1. The van der Waals surface area contributed by atoms with Crippen LogP contribution in [0.25, 0.3) is 11.1 Å². The first-order valence-corrected chi connectivity index (χ1v) is 11.0. The molecule has 1 aromatic heterocycles. The molecule has 5 rings (SSSR count). The second kappa shape index (κ2) is 7.74.